The summed E-state index contributed by atoms with van der Waals surface area (Å²) in [5.41, 5.74) is 32.3. The lowest BCUT2D eigenvalue weighted by Crippen LogP contribution is -2.00. The molecule has 0 saturated carbocycles. The standard InChI is InChI=1S/C48H29N3S.2C46H29N3/c1-3-16-30(17-4-1)49-37-25-11-7-21-34(37)43-42-35-22-8-13-27-39(35)51(40-28-15-24-33-32-20-10-14-29-41(32)52-48(33)40)45(42)44-36-23-9-12-26-38(36)50(47(44)46(43)49)31-18-5-2-6-19-31;1-3-17-32(18-4-1)47-38-24-12-10-22-36(38)42-41-35-21-9-13-25-39(35)49(34-28-27-30-15-7-8-16-31(30)29-34)44(41)43-37-23-11-14-26-40(37)48(46(43)45(42)47)33-19-5-2-6-20-33;1-3-18-31(19-4-1)47-38-26-12-9-23-34(38)42-41-35-24-10-14-28-40(35)49(37-29-15-17-30-16-7-8-22-33(30)37)44(41)43-36-25-11-13-27-39(36)48(46(43)45(42)47)32-20-5-2-6-21-32/h1-29H;2*1-29H. The van der Waals surface area contributed by atoms with Crippen molar-refractivity contribution in [1.82, 2.24) is 41.1 Å². The van der Waals surface area contributed by atoms with E-state index in [1.807, 2.05) is 11.3 Å². The third-order valence-electron chi connectivity index (χ3n) is 31.7. The predicted octanol–water partition coefficient (Wildman–Crippen LogP) is 37.6. The van der Waals surface area contributed by atoms with Gasteiger partial charge in [0.25, 0.3) is 0 Å². The van der Waals surface area contributed by atoms with E-state index in [9.17, 15) is 0 Å². The second-order valence-electron chi connectivity index (χ2n) is 39.5. The van der Waals surface area contributed by atoms with Crippen LogP contribution in [0.15, 0.2) is 528 Å². The molecule has 0 bridgehead atoms. The Labute approximate surface area is 862 Å². The van der Waals surface area contributed by atoms with Gasteiger partial charge in [-0.2, -0.15) is 0 Å². The number of fused-ring (bicyclic) bond motifs is 41. The normalized spacial score (nSPS) is 12.1. The van der Waals surface area contributed by atoms with Crippen LogP contribution in [0.2, 0.25) is 0 Å². The van der Waals surface area contributed by atoms with Crippen LogP contribution in [-0.4, -0.2) is 41.1 Å². The number of thiophene rings is 1. The van der Waals surface area contributed by atoms with E-state index in [0.29, 0.717) is 0 Å². The van der Waals surface area contributed by atoms with Crippen LogP contribution in [0.25, 0.3) is 289 Å². The first-order valence-electron chi connectivity index (χ1n) is 51.6. The molecule has 24 aromatic carbocycles. The summed E-state index contributed by atoms with van der Waals surface area (Å²) in [6.45, 7) is 0. The van der Waals surface area contributed by atoms with Gasteiger partial charge >= 0.3 is 0 Å². The average Bonchev–Trinajstić information content (AvgIpc) is 1.51. The molecule has 9 nitrogen and oxygen atoms in total. The zero-order valence-electron chi connectivity index (χ0n) is 81.2. The fourth-order valence-corrected chi connectivity index (χ4v) is 27.1. The number of para-hydroxylation sites is 15. The second-order valence-corrected chi connectivity index (χ2v) is 40.5. The summed E-state index contributed by atoms with van der Waals surface area (Å²) in [4.78, 5) is 0. The lowest BCUT2D eigenvalue weighted by atomic mass is 10.0. The molecule has 34 aromatic rings. The van der Waals surface area contributed by atoms with E-state index in [0.717, 1.165) is 39.8 Å². The molecule has 34 rings (SSSR count). The van der Waals surface area contributed by atoms with Gasteiger partial charge in [0.2, 0.25) is 0 Å². The summed E-state index contributed by atoms with van der Waals surface area (Å²) >= 11 is 1.89. The predicted molar refractivity (Wildman–Crippen MR) is 636 cm³/mol. The van der Waals surface area contributed by atoms with Crippen molar-refractivity contribution in [3.8, 4) is 51.2 Å². The Kier molecular flexibility index (Phi) is 18.3. The zero-order chi connectivity index (χ0) is 98.0. The maximum absolute atomic E-state index is 2.58. The first-order chi connectivity index (χ1) is 74.6. The molecule has 0 radical (unpaired) electrons. The van der Waals surface area contributed by atoms with E-state index >= 15 is 0 Å². The minimum absolute atomic E-state index is 1.15. The summed E-state index contributed by atoms with van der Waals surface area (Å²) in [6.07, 6.45) is 0. The van der Waals surface area contributed by atoms with Crippen molar-refractivity contribution < 1.29 is 0 Å². The fraction of sp³-hybridized carbons (Fsp3) is 0. The number of hydrogen-bond donors (Lipinski definition) is 0. The van der Waals surface area contributed by atoms with Gasteiger partial charge < -0.3 is 41.1 Å². The molecule has 698 valence electrons. The number of nitrogens with zero attached hydrogens (tertiary/aromatic N) is 9. The maximum Gasteiger partial charge on any atom is 0.0810 e. The van der Waals surface area contributed by atoms with Crippen LogP contribution in [0.4, 0.5) is 0 Å². The van der Waals surface area contributed by atoms with Crippen molar-refractivity contribution >= 4 is 249 Å². The Balaban J connectivity index is 0.0000000993. The van der Waals surface area contributed by atoms with E-state index in [2.05, 4.69) is 569 Å². The van der Waals surface area contributed by atoms with Gasteiger partial charge in [-0.05, 0) is 174 Å². The smallest absolute Gasteiger partial charge is 0.0810 e. The van der Waals surface area contributed by atoms with E-state index in [-0.39, 0.29) is 0 Å². The highest BCUT2D eigenvalue weighted by Crippen LogP contribution is 2.57. The summed E-state index contributed by atoms with van der Waals surface area (Å²) in [6, 6.07) is 193. The molecule has 0 spiro atoms. The second kappa shape index (κ2) is 32.9. The minimum atomic E-state index is 1.15. The largest absolute Gasteiger partial charge is 0.308 e. The number of aromatic nitrogens is 9. The van der Waals surface area contributed by atoms with Crippen molar-refractivity contribution in [2.24, 2.45) is 0 Å². The van der Waals surface area contributed by atoms with Crippen LogP contribution in [0.3, 0.4) is 0 Å². The molecule has 0 atom stereocenters. The molecule has 0 amide bonds. The Hall–Kier alpha value is -19.8. The molecule has 10 heterocycles. The summed E-state index contributed by atoms with van der Waals surface area (Å²) in [5, 5.41) is 30.2. The monoisotopic (exact) mass is 1930 g/mol. The van der Waals surface area contributed by atoms with Gasteiger partial charge in [-0.25, -0.2) is 0 Å². The molecule has 0 aliphatic carbocycles. The molecule has 0 unspecified atom stereocenters. The van der Waals surface area contributed by atoms with Crippen LogP contribution in [0.1, 0.15) is 0 Å². The van der Waals surface area contributed by atoms with Crippen molar-refractivity contribution in [2.75, 3.05) is 0 Å². The molecule has 0 aliphatic heterocycles. The molecule has 0 aliphatic rings. The van der Waals surface area contributed by atoms with Crippen LogP contribution in [-0.2, 0) is 0 Å². The first-order valence-corrected chi connectivity index (χ1v) is 52.4. The average molecular weight is 1930 g/mol. The Morgan fingerprint density at radius 1 is 0.120 bits per heavy atom. The summed E-state index contributed by atoms with van der Waals surface area (Å²) < 4.78 is 25.3. The summed E-state index contributed by atoms with van der Waals surface area (Å²) in [5.74, 6) is 0. The van der Waals surface area contributed by atoms with Gasteiger partial charge in [-0.3, -0.25) is 0 Å². The van der Waals surface area contributed by atoms with Crippen molar-refractivity contribution in [1.29, 1.82) is 0 Å². The lowest BCUT2D eigenvalue weighted by molar-refractivity contribution is 1.15. The Morgan fingerprint density at radius 3 is 0.687 bits per heavy atom. The lowest BCUT2D eigenvalue weighted by Gasteiger charge is -2.15. The number of rotatable bonds is 9. The number of hydrogen-bond acceptors (Lipinski definition) is 1. The van der Waals surface area contributed by atoms with Crippen LogP contribution in [0.5, 0.6) is 0 Å². The molecule has 0 saturated heterocycles. The SMILES string of the molecule is c1ccc(-n2c3ccccc3c3c4c5ccccc5n(-c5ccc6ccccc6c5)c4c4c5ccccc5n(-c5ccccc5)c4c32)cc1.c1ccc(-n2c3ccccc3c3c4c5ccccc5n(-c5cccc6c5sc5ccccc56)c4c4c5ccccc5n(-c5ccccc5)c4c32)cc1.c1ccc(-n2c3ccccc3c3c4c5ccccc5n(-c5cccc6ccccc56)c4c4c5ccccc5n(-c5ccccc5)c4c32)cc1. The highest BCUT2D eigenvalue weighted by atomic mass is 32.1. The van der Waals surface area contributed by atoms with Crippen LogP contribution < -0.4 is 0 Å². The van der Waals surface area contributed by atoms with E-state index in [1.165, 1.54) is 249 Å². The Bertz CT molecular complexity index is 11600. The van der Waals surface area contributed by atoms with Gasteiger partial charge in [0.05, 0.1) is 115 Å². The van der Waals surface area contributed by atoms with Crippen LogP contribution >= 0.6 is 11.3 Å². The third kappa shape index (κ3) is 11.9. The molecular weight excluding hydrogens is 1840 g/mol. The fourth-order valence-electron chi connectivity index (χ4n) is 25.9. The Morgan fingerprint density at radius 2 is 0.340 bits per heavy atom. The van der Waals surface area contributed by atoms with Gasteiger partial charge in [0, 0.05) is 158 Å². The van der Waals surface area contributed by atoms with Crippen molar-refractivity contribution in [2.45, 2.75) is 0 Å². The third-order valence-corrected chi connectivity index (χ3v) is 32.9. The quantitative estimate of drug-likeness (QED) is 0.138. The topological polar surface area (TPSA) is 44.4 Å². The zero-order valence-corrected chi connectivity index (χ0v) is 82.0. The van der Waals surface area contributed by atoms with Crippen molar-refractivity contribution in [3.63, 3.8) is 0 Å². The molecule has 0 N–H and O–H groups in total. The highest BCUT2D eigenvalue weighted by molar-refractivity contribution is 7.26. The highest BCUT2D eigenvalue weighted by Gasteiger charge is 2.35. The van der Waals surface area contributed by atoms with Gasteiger partial charge in [0.15, 0.2) is 0 Å². The first kappa shape index (κ1) is 83.7. The van der Waals surface area contributed by atoms with Crippen LogP contribution in [0, 0.1) is 0 Å². The molecule has 0 fully saturated rings. The van der Waals surface area contributed by atoms with E-state index < -0.39 is 0 Å². The molecule has 10 heteroatoms. The van der Waals surface area contributed by atoms with Gasteiger partial charge in [-0.1, -0.05) is 370 Å². The number of benzene rings is 24. The van der Waals surface area contributed by atoms with Gasteiger partial charge in [0.1, 0.15) is 0 Å². The summed E-state index contributed by atoms with van der Waals surface area (Å²) in [7, 11) is 0. The maximum atomic E-state index is 2.58. The van der Waals surface area contributed by atoms with Gasteiger partial charge in [-0.15, -0.1) is 11.3 Å². The van der Waals surface area contributed by atoms with E-state index in [1.54, 1.807) is 0 Å². The minimum Gasteiger partial charge on any atom is -0.308 e. The van der Waals surface area contributed by atoms with Crippen molar-refractivity contribution in [3.05, 3.63) is 528 Å². The molecular formula is C140H87N9S. The van der Waals surface area contributed by atoms with E-state index in [4.69, 9.17) is 0 Å². The molecule has 150 heavy (non-hydrogen) atoms. The molecule has 10 aromatic heterocycles.